The van der Waals surface area contributed by atoms with Gasteiger partial charge in [0.2, 0.25) is 5.43 Å². The van der Waals surface area contributed by atoms with E-state index in [1.165, 1.54) is 16.9 Å². The molecule has 0 aliphatic carbocycles. The van der Waals surface area contributed by atoms with Crippen LogP contribution < -0.4 is 15.8 Å². The van der Waals surface area contributed by atoms with E-state index in [1.54, 1.807) is 4.90 Å². The summed E-state index contributed by atoms with van der Waals surface area (Å²) in [4.78, 5) is 40.1. The molecule has 0 saturated carbocycles. The molecule has 32 heavy (non-hydrogen) atoms. The summed E-state index contributed by atoms with van der Waals surface area (Å²) in [6, 6.07) is 3.02. The number of nitrogens with one attached hydrogen (secondary N) is 1. The number of fused-ring (bicyclic) bond motifs is 3. The summed E-state index contributed by atoms with van der Waals surface area (Å²) in [6.45, 7) is 3.97. The molecule has 2 aliphatic rings. The maximum Gasteiger partial charge on any atom is 0.278 e. The van der Waals surface area contributed by atoms with E-state index in [4.69, 9.17) is 0 Å². The Kier molecular flexibility index (Phi) is 5.62. The first-order chi connectivity index (χ1) is 15.3. The maximum absolute atomic E-state index is 13.9. The molecular weight excluding hydrogens is 422 g/mol. The van der Waals surface area contributed by atoms with Crippen LogP contribution in [0.1, 0.15) is 59.5 Å². The van der Waals surface area contributed by atoms with Crippen molar-refractivity contribution in [2.45, 2.75) is 51.9 Å². The number of carbonyl (C=O) groups is 2. The predicted molar refractivity (Wildman–Crippen MR) is 112 cm³/mol. The van der Waals surface area contributed by atoms with Crippen LogP contribution in [-0.4, -0.2) is 45.2 Å². The molecule has 1 aromatic carbocycles. The summed E-state index contributed by atoms with van der Waals surface area (Å²) in [5, 5.41) is 15.0. The van der Waals surface area contributed by atoms with E-state index >= 15 is 0 Å². The molecule has 4 rings (SSSR count). The standard InChI is InChI=1S/C22H24F2N4O4/c1-3-14-7-8-17-26(4-2)22(32)18-20(30)19(29)15(11-27(18)28(14)17)21(31)25-10-12-5-6-13(23)9-16(12)24/h5-6,9,11,14,17,30H,3-4,7-8,10H2,1-2H3,(H,25,31)/t14-,17+/m1/s1. The third-order valence-corrected chi connectivity index (χ3v) is 6.19. The molecule has 170 valence electrons. The second-order valence-electron chi connectivity index (χ2n) is 7.92. The van der Waals surface area contributed by atoms with Crippen molar-refractivity contribution in [3.05, 3.63) is 63.1 Å². The lowest BCUT2D eigenvalue weighted by atomic mass is 10.1. The quantitative estimate of drug-likeness (QED) is 0.734. The molecular formula is C22H24F2N4O4. The van der Waals surface area contributed by atoms with Gasteiger partial charge in [0, 0.05) is 37.0 Å². The highest BCUT2D eigenvalue weighted by atomic mass is 19.1. The number of halogens is 2. The van der Waals surface area contributed by atoms with Crippen LogP contribution in [-0.2, 0) is 6.54 Å². The van der Waals surface area contributed by atoms with Crippen molar-refractivity contribution in [1.82, 2.24) is 14.9 Å². The number of amides is 2. The molecule has 1 saturated heterocycles. The molecule has 2 aromatic rings. The molecule has 2 amide bonds. The Morgan fingerprint density at radius 2 is 1.97 bits per heavy atom. The summed E-state index contributed by atoms with van der Waals surface area (Å²) in [7, 11) is 0. The van der Waals surface area contributed by atoms with Gasteiger partial charge in [-0.3, -0.25) is 24.1 Å². The Hall–Kier alpha value is -3.43. The number of aromatic nitrogens is 1. The van der Waals surface area contributed by atoms with Gasteiger partial charge in [0.1, 0.15) is 23.4 Å². The third-order valence-electron chi connectivity index (χ3n) is 6.19. The van der Waals surface area contributed by atoms with Crippen LogP contribution in [0.25, 0.3) is 0 Å². The molecule has 3 heterocycles. The molecule has 0 spiro atoms. The number of hydrogen-bond donors (Lipinski definition) is 2. The number of rotatable bonds is 5. The van der Waals surface area contributed by atoms with Crippen molar-refractivity contribution < 1.29 is 23.5 Å². The van der Waals surface area contributed by atoms with Crippen LogP contribution >= 0.6 is 0 Å². The van der Waals surface area contributed by atoms with Crippen molar-refractivity contribution in [3.8, 4) is 5.75 Å². The average molecular weight is 446 g/mol. The van der Waals surface area contributed by atoms with Gasteiger partial charge in [-0.15, -0.1) is 0 Å². The Bertz CT molecular complexity index is 1150. The van der Waals surface area contributed by atoms with Gasteiger partial charge >= 0.3 is 0 Å². The number of carbonyl (C=O) groups excluding carboxylic acids is 2. The van der Waals surface area contributed by atoms with Gasteiger partial charge in [-0.2, -0.15) is 0 Å². The van der Waals surface area contributed by atoms with Crippen LogP contribution in [0.4, 0.5) is 8.78 Å². The fourth-order valence-electron chi connectivity index (χ4n) is 4.55. The summed E-state index contributed by atoms with van der Waals surface area (Å²) >= 11 is 0. The van der Waals surface area contributed by atoms with Gasteiger partial charge in [-0.05, 0) is 32.3 Å². The number of nitrogens with zero attached hydrogens (tertiary/aromatic N) is 3. The van der Waals surface area contributed by atoms with Gasteiger partial charge in [0.25, 0.3) is 11.8 Å². The highest BCUT2D eigenvalue weighted by molar-refractivity contribution is 5.99. The molecule has 0 bridgehead atoms. The molecule has 0 unspecified atom stereocenters. The molecule has 0 radical (unpaired) electrons. The second-order valence-corrected chi connectivity index (χ2v) is 7.92. The second kappa shape index (κ2) is 8.25. The highest BCUT2D eigenvalue weighted by Crippen LogP contribution is 2.34. The summed E-state index contributed by atoms with van der Waals surface area (Å²) in [5.74, 6) is -3.67. The largest absolute Gasteiger partial charge is 0.502 e. The number of hydrogen-bond acceptors (Lipinski definition) is 5. The zero-order chi connectivity index (χ0) is 23.2. The van der Waals surface area contributed by atoms with Crippen LogP contribution in [0.3, 0.4) is 0 Å². The molecule has 10 heteroatoms. The van der Waals surface area contributed by atoms with Crippen molar-refractivity contribution in [2.75, 3.05) is 11.6 Å². The van der Waals surface area contributed by atoms with E-state index in [9.17, 15) is 28.3 Å². The van der Waals surface area contributed by atoms with E-state index < -0.39 is 34.6 Å². The lowest BCUT2D eigenvalue weighted by Gasteiger charge is -2.45. The first-order valence-electron chi connectivity index (χ1n) is 10.6. The average Bonchev–Trinajstić information content (AvgIpc) is 3.19. The summed E-state index contributed by atoms with van der Waals surface area (Å²) < 4.78 is 28.4. The monoisotopic (exact) mass is 446 g/mol. The minimum absolute atomic E-state index is 0.0430. The first kappa shape index (κ1) is 21.8. The van der Waals surface area contributed by atoms with E-state index in [-0.39, 0.29) is 35.6 Å². The fourth-order valence-corrected chi connectivity index (χ4v) is 4.55. The zero-order valence-electron chi connectivity index (χ0n) is 17.8. The molecule has 2 aliphatic heterocycles. The molecule has 1 aromatic heterocycles. The van der Waals surface area contributed by atoms with Gasteiger partial charge in [-0.25, -0.2) is 8.78 Å². The maximum atomic E-state index is 13.9. The topological polar surface area (TPSA) is 94.9 Å². The Morgan fingerprint density at radius 1 is 1.22 bits per heavy atom. The Morgan fingerprint density at radius 3 is 2.62 bits per heavy atom. The van der Waals surface area contributed by atoms with Crippen LogP contribution in [0.2, 0.25) is 0 Å². The molecule has 2 atom stereocenters. The Labute approximate surface area is 183 Å². The number of aromatic hydroxyl groups is 1. The van der Waals surface area contributed by atoms with Crippen molar-refractivity contribution in [3.63, 3.8) is 0 Å². The summed E-state index contributed by atoms with van der Waals surface area (Å²) in [6.07, 6.45) is 3.36. The van der Waals surface area contributed by atoms with E-state index in [0.29, 0.717) is 12.6 Å². The van der Waals surface area contributed by atoms with Gasteiger partial charge in [0.05, 0.1) is 0 Å². The Balaban J connectivity index is 1.72. The van der Waals surface area contributed by atoms with Gasteiger partial charge in [-0.1, -0.05) is 13.0 Å². The molecule has 8 nitrogen and oxygen atoms in total. The minimum atomic E-state index is -0.983. The van der Waals surface area contributed by atoms with E-state index in [1.807, 2.05) is 18.9 Å². The van der Waals surface area contributed by atoms with E-state index in [0.717, 1.165) is 25.3 Å². The zero-order valence-corrected chi connectivity index (χ0v) is 17.8. The smallest absolute Gasteiger partial charge is 0.278 e. The van der Waals surface area contributed by atoms with Crippen molar-refractivity contribution in [1.29, 1.82) is 0 Å². The summed E-state index contributed by atoms with van der Waals surface area (Å²) in [5.41, 5.74) is -1.48. The third kappa shape index (κ3) is 3.39. The van der Waals surface area contributed by atoms with Gasteiger partial charge in [0.15, 0.2) is 11.4 Å². The van der Waals surface area contributed by atoms with Gasteiger partial charge < -0.3 is 15.3 Å². The lowest BCUT2D eigenvalue weighted by molar-refractivity contribution is 0.0598. The number of pyridine rings is 1. The molecule has 1 fully saturated rings. The van der Waals surface area contributed by atoms with Crippen LogP contribution in [0, 0.1) is 11.6 Å². The number of benzene rings is 1. The van der Waals surface area contributed by atoms with E-state index in [2.05, 4.69) is 5.32 Å². The first-order valence-corrected chi connectivity index (χ1v) is 10.6. The fraction of sp³-hybridized carbons (Fsp3) is 0.409. The molecule has 2 N–H and O–H groups in total. The highest BCUT2D eigenvalue weighted by Gasteiger charge is 2.45. The van der Waals surface area contributed by atoms with Crippen LogP contribution in [0.15, 0.2) is 29.2 Å². The van der Waals surface area contributed by atoms with Crippen molar-refractivity contribution in [2.24, 2.45) is 0 Å². The van der Waals surface area contributed by atoms with Crippen molar-refractivity contribution >= 4 is 11.8 Å². The lowest BCUT2D eigenvalue weighted by Crippen LogP contribution is -2.60. The normalized spacial score (nSPS) is 19.7. The minimum Gasteiger partial charge on any atom is -0.502 e. The predicted octanol–water partition coefficient (Wildman–Crippen LogP) is 2.07. The van der Waals surface area contributed by atoms with Crippen LogP contribution in [0.5, 0.6) is 5.75 Å². The SMILES string of the molecule is CC[C@@H]1CC[C@H]2N(CC)C(=O)c3c(O)c(=O)c(C(=O)NCc4ccc(F)cc4F)cn3N12.